The van der Waals surface area contributed by atoms with Crippen molar-refractivity contribution in [2.24, 2.45) is 11.8 Å². The Balaban J connectivity index is 1.23. The third kappa shape index (κ3) is 5.47. The Bertz CT molecular complexity index is 1120. The third-order valence-electron chi connectivity index (χ3n) is 5.87. The van der Waals surface area contributed by atoms with Gasteiger partial charge in [0.25, 0.3) is 0 Å². The zero-order chi connectivity index (χ0) is 21.7. The van der Waals surface area contributed by atoms with Crippen LogP contribution in [-0.2, 0) is 21.2 Å². The predicted molar refractivity (Wildman–Crippen MR) is 121 cm³/mol. The van der Waals surface area contributed by atoms with Gasteiger partial charge in [-0.3, -0.25) is 4.79 Å². The third-order valence-corrected chi connectivity index (χ3v) is 7.87. The molecule has 0 radical (unpaired) electrons. The number of nitrogens with one attached hydrogen (secondary N) is 2. The molecule has 7 nitrogen and oxygen atoms in total. The molecule has 0 bridgehead atoms. The number of hydrogen-bond acceptors (Lipinski definition) is 6. The van der Waals surface area contributed by atoms with E-state index >= 15 is 0 Å². The Hall–Kier alpha value is -2.36. The summed E-state index contributed by atoms with van der Waals surface area (Å²) in [4.78, 5) is 12.6. The molecule has 0 spiro atoms. The molecule has 1 aliphatic rings. The highest BCUT2D eigenvalue weighted by Gasteiger charge is 2.27. The van der Waals surface area contributed by atoms with Gasteiger partial charge in [-0.1, -0.05) is 36.4 Å². The maximum atomic E-state index is 12.8. The first-order chi connectivity index (χ1) is 15.0. The van der Waals surface area contributed by atoms with E-state index in [0.717, 1.165) is 43.8 Å². The summed E-state index contributed by atoms with van der Waals surface area (Å²) in [6.45, 7) is 1.01. The van der Waals surface area contributed by atoms with E-state index in [9.17, 15) is 13.2 Å². The molecule has 3 aromatic rings. The highest BCUT2D eigenvalue weighted by atomic mass is 32.2. The smallest absolute Gasteiger partial charge is 0.242 e. The molecule has 1 fully saturated rings. The summed E-state index contributed by atoms with van der Waals surface area (Å²) in [5, 5.41) is 3.05. The second-order valence-electron chi connectivity index (χ2n) is 7.98. The van der Waals surface area contributed by atoms with E-state index in [2.05, 4.69) is 30.9 Å². The summed E-state index contributed by atoms with van der Waals surface area (Å²) in [6, 6.07) is 15.1. The second-order valence-corrected chi connectivity index (χ2v) is 10.2. The van der Waals surface area contributed by atoms with Gasteiger partial charge in [0.05, 0.1) is 11.7 Å². The van der Waals surface area contributed by atoms with Crippen LogP contribution < -0.4 is 10.0 Å². The van der Waals surface area contributed by atoms with Gasteiger partial charge in [0, 0.05) is 19.0 Å². The van der Waals surface area contributed by atoms with Crippen LogP contribution in [0.15, 0.2) is 53.4 Å². The van der Waals surface area contributed by atoms with Crippen molar-refractivity contribution in [3.8, 4) is 0 Å². The molecule has 1 saturated carbocycles. The van der Waals surface area contributed by atoms with Crippen LogP contribution in [0.5, 0.6) is 0 Å². The van der Waals surface area contributed by atoms with Gasteiger partial charge in [-0.15, -0.1) is 0 Å². The number of hydrogen-bond donors (Lipinski definition) is 2. The molecule has 4 rings (SSSR count). The Kier molecular flexibility index (Phi) is 6.94. The summed E-state index contributed by atoms with van der Waals surface area (Å²) in [7, 11) is -3.65. The lowest BCUT2D eigenvalue weighted by molar-refractivity contribution is -0.126. The van der Waals surface area contributed by atoms with Crippen molar-refractivity contribution >= 4 is 38.7 Å². The number of nitrogens with zero attached hydrogens (tertiary/aromatic N) is 2. The van der Waals surface area contributed by atoms with Gasteiger partial charge in [0.2, 0.25) is 15.9 Å². The summed E-state index contributed by atoms with van der Waals surface area (Å²) in [5.41, 5.74) is 2.21. The van der Waals surface area contributed by atoms with Crippen LogP contribution in [0, 0.1) is 11.8 Å². The minimum atomic E-state index is -3.65. The van der Waals surface area contributed by atoms with Crippen molar-refractivity contribution in [2.75, 3.05) is 13.1 Å². The molecule has 0 unspecified atom stereocenters. The number of carbonyl (C=O) groups excluding carboxylic acids is 1. The minimum Gasteiger partial charge on any atom is -0.356 e. The quantitative estimate of drug-likeness (QED) is 0.540. The van der Waals surface area contributed by atoms with Crippen LogP contribution in [0.3, 0.4) is 0 Å². The largest absolute Gasteiger partial charge is 0.356 e. The van der Waals surface area contributed by atoms with Crippen molar-refractivity contribution in [3.05, 3.63) is 54.1 Å². The molecule has 2 aromatic carbocycles. The molecule has 0 aliphatic heterocycles. The maximum absolute atomic E-state index is 12.8. The van der Waals surface area contributed by atoms with Crippen LogP contribution >= 0.6 is 11.7 Å². The Morgan fingerprint density at radius 2 is 1.77 bits per heavy atom. The lowest BCUT2D eigenvalue weighted by Crippen LogP contribution is -2.36. The van der Waals surface area contributed by atoms with Crippen LogP contribution in [0.1, 0.15) is 31.2 Å². The molecule has 2 N–H and O–H groups in total. The number of aromatic nitrogens is 2. The second kappa shape index (κ2) is 9.84. The van der Waals surface area contributed by atoms with Gasteiger partial charge < -0.3 is 5.32 Å². The topological polar surface area (TPSA) is 101 Å². The fourth-order valence-electron chi connectivity index (χ4n) is 4.05. The first-order valence-electron chi connectivity index (χ1n) is 10.6. The zero-order valence-electron chi connectivity index (χ0n) is 17.2. The first-order valence-corrected chi connectivity index (χ1v) is 12.8. The maximum Gasteiger partial charge on any atom is 0.242 e. The van der Waals surface area contributed by atoms with E-state index in [-0.39, 0.29) is 22.6 Å². The summed E-state index contributed by atoms with van der Waals surface area (Å²) in [6.07, 6.45) is 4.07. The Labute approximate surface area is 186 Å². The van der Waals surface area contributed by atoms with Gasteiger partial charge >= 0.3 is 0 Å². The molecule has 1 amide bonds. The summed E-state index contributed by atoms with van der Waals surface area (Å²) in [5.74, 6) is 0.354. The van der Waals surface area contributed by atoms with Crippen molar-refractivity contribution < 1.29 is 13.2 Å². The van der Waals surface area contributed by atoms with Crippen LogP contribution in [-0.4, -0.2) is 36.2 Å². The van der Waals surface area contributed by atoms with Crippen molar-refractivity contribution in [1.29, 1.82) is 0 Å². The number of carbonyl (C=O) groups is 1. The van der Waals surface area contributed by atoms with Gasteiger partial charge in [0.15, 0.2) is 0 Å². The van der Waals surface area contributed by atoms with Gasteiger partial charge in [-0.2, -0.15) is 8.75 Å². The Morgan fingerprint density at radius 3 is 2.55 bits per heavy atom. The molecule has 9 heteroatoms. The number of amides is 1. The van der Waals surface area contributed by atoms with E-state index in [1.807, 2.05) is 18.2 Å². The fraction of sp³-hybridized carbons (Fsp3) is 0.409. The van der Waals surface area contributed by atoms with Crippen molar-refractivity contribution in [1.82, 2.24) is 18.8 Å². The van der Waals surface area contributed by atoms with Crippen molar-refractivity contribution in [2.45, 2.75) is 37.0 Å². The lowest BCUT2D eigenvalue weighted by atomic mass is 9.81. The monoisotopic (exact) mass is 458 g/mol. The van der Waals surface area contributed by atoms with E-state index in [0.29, 0.717) is 24.1 Å². The highest BCUT2D eigenvalue weighted by molar-refractivity contribution is 7.89. The molecule has 0 atom stereocenters. The summed E-state index contributed by atoms with van der Waals surface area (Å²) < 4.78 is 36.5. The average molecular weight is 459 g/mol. The van der Waals surface area contributed by atoms with Gasteiger partial charge in [0.1, 0.15) is 15.9 Å². The number of fused-ring (bicyclic) bond motifs is 1. The highest BCUT2D eigenvalue weighted by Crippen LogP contribution is 2.29. The zero-order valence-corrected chi connectivity index (χ0v) is 18.8. The van der Waals surface area contributed by atoms with Crippen LogP contribution in [0.25, 0.3) is 11.0 Å². The van der Waals surface area contributed by atoms with E-state index in [1.54, 1.807) is 18.2 Å². The van der Waals surface area contributed by atoms with Crippen LogP contribution in [0.2, 0.25) is 0 Å². The Morgan fingerprint density at radius 1 is 1.00 bits per heavy atom. The van der Waals surface area contributed by atoms with Crippen molar-refractivity contribution in [3.63, 3.8) is 0 Å². The minimum absolute atomic E-state index is 0.0125. The molecule has 0 saturated heterocycles. The number of rotatable bonds is 8. The summed E-state index contributed by atoms with van der Waals surface area (Å²) >= 11 is 1.01. The number of sulfonamides is 1. The van der Waals surface area contributed by atoms with E-state index in [1.165, 1.54) is 5.56 Å². The molecule has 1 aromatic heterocycles. The predicted octanol–water partition coefficient (Wildman–Crippen LogP) is 3.13. The molecular weight excluding hydrogens is 432 g/mol. The standard InChI is InChI=1S/C22H26N4O3S2/c27-22(23-14-13-16-5-2-1-3-6-16)18-11-9-17(10-12-18)15-24-31(28,29)20-8-4-7-19-21(20)26-30-25-19/h1-8,17-18,24H,9-15H2,(H,23,27). The van der Waals surface area contributed by atoms with Crippen LogP contribution in [0.4, 0.5) is 0 Å². The van der Waals surface area contributed by atoms with Gasteiger partial charge in [-0.05, 0) is 55.7 Å². The molecule has 164 valence electrons. The van der Waals surface area contributed by atoms with E-state index < -0.39 is 10.0 Å². The first kappa shape index (κ1) is 21.9. The molecular formula is C22H26N4O3S2. The lowest BCUT2D eigenvalue weighted by Gasteiger charge is -2.27. The van der Waals surface area contributed by atoms with E-state index in [4.69, 9.17) is 0 Å². The SMILES string of the molecule is O=C(NCCc1ccccc1)C1CCC(CNS(=O)(=O)c2cccc3nsnc23)CC1. The number of benzene rings is 2. The molecule has 1 aliphatic carbocycles. The molecule has 31 heavy (non-hydrogen) atoms. The normalized spacial score (nSPS) is 19.4. The average Bonchev–Trinajstić information content (AvgIpc) is 3.28. The molecule has 1 heterocycles. The fourth-order valence-corrected chi connectivity index (χ4v) is 5.93. The van der Waals surface area contributed by atoms with Gasteiger partial charge in [-0.25, -0.2) is 13.1 Å².